The Bertz CT molecular complexity index is 2060. The fourth-order valence-corrected chi connectivity index (χ4v) is 6.50. The minimum Gasteiger partial charge on any atom is -0.768 e. The monoisotopic (exact) mass is 812 g/mol. The second-order valence-electron chi connectivity index (χ2n) is 8.74. The van der Waals surface area contributed by atoms with Gasteiger partial charge in [-0.3, -0.25) is 4.21 Å². The quantitative estimate of drug-likeness (QED) is 0.0579. The molecule has 0 fully saturated rings. The second-order valence-corrected chi connectivity index (χ2v) is 15.0. The molecule has 0 spiro atoms. The predicted octanol–water partition coefficient (Wildman–Crippen LogP) is 5.46. The van der Waals surface area contributed by atoms with Gasteiger partial charge in [-0.1, -0.05) is 36.4 Å². The van der Waals surface area contributed by atoms with Crippen LogP contribution in [0.15, 0.2) is 107 Å². The van der Waals surface area contributed by atoms with E-state index in [0.717, 1.165) is 48.5 Å². The molecule has 0 radical (unpaired) electrons. The van der Waals surface area contributed by atoms with Gasteiger partial charge in [-0.2, -0.15) is 26.3 Å². The molecule has 1 aromatic heterocycles. The molecule has 268 valence electrons. The van der Waals surface area contributed by atoms with Crippen LogP contribution in [0.3, 0.4) is 0 Å². The van der Waals surface area contributed by atoms with E-state index in [0.29, 0.717) is 4.90 Å². The van der Waals surface area contributed by atoms with Gasteiger partial charge in [-0.15, -0.1) is 13.2 Å². The van der Waals surface area contributed by atoms with Crippen molar-refractivity contribution in [3.63, 3.8) is 0 Å². The number of sulfone groups is 1. The smallest absolute Gasteiger partial charge is 0.768 e. The normalized spacial score (nSPS) is 12.7. The van der Waals surface area contributed by atoms with Crippen molar-refractivity contribution in [1.29, 1.82) is 0 Å². The minimum absolute atomic E-state index is 0. The molecule has 1 atom stereocenters. The molecule has 5 rings (SSSR count). The van der Waals surface area contributed by atoms with Gasteiger partial charge in [-0.25, -0.2) is 25.6 Å². The minimum atomic E-state index is -6.09. The summed E-state index contributed by atoms with van der Waals surface area (Å²) in [5.74, 6) is -1.27. The Morgan fingerprint density at radius 2 is 0.960 bits per heavy atom. The molecule has 0 aliphatic heterocycles. The van der Waals surface area contributed by atoms with E-state index in [9.17, 15) is 65.5 Å². The number of benzene rings is 4. The summed E-state index contributed by atoms with van der Waals surface area (Å²) in [4.78, 5) is -0.403. The van der Waals surface area contributed by atoms with Gasteiger partial charge in [0.15, 0.2) is 19.5 Å². The number of hydrogen-bond donors (Lipinski definition) is 0. The topological polar surface area (TPSA) is 131 Å². The Labute approximate surface area is 302 Å². The number of fused-ring (bicyclic) bond motifs is 3. The molecule has 0 aliphatic carbocycles. The Morgan fingerprint density at radius 1 is 0.600 bits per heavy atom. The van der Waals surface area contributed by atoms with E-state index in [1.165, 1.54) is 18.2 Å². The van der Waals surface area contributed by atoms with Crippen molar-refractivity contribution in [2.24, 2.45) is 0 Å². The predicted molar refractivity (Wildman–Crippen MR) is 154 cm³/mol. The van der Waals surface area contributed by atoms with E-state index in [4.69, 9.17) is 13.0 Å². The van der Waals surface area contributed by atoms with E-state index >= 15 is 0 Å². The van der Waals surface area contributed by atoms with E-state index in [1.54, 1.807) is 30.3 Å². The van der Waals surface area contributed by atoms with Crippen molar-refractivity contribution in [2.45, 2.75) is 26.3 Å². The van der Waals surface area contributed by atoms with Gasteiger partial charge in [0.05, 0.1) is 15.7 Å². The Hall–Kier alpha value is -2.70. The molecule has 1 heterocycles. The van der Waals surface area contributed by atoms with Crippen LogP contribution in [0.1, 0.15) is 0 Å². The first kappa shape index (κ1) is 45.3. The van der Waals surface area contributed by atoms with Crippen molar-refractivity contribution in [2.75, 3.05) is 0 Å². The van der Waals surface area contributed by atoms with Crippen LogP contribution in [-0.2, 0) is 36.5 Å². The van der Waals surface area contributed by atoms with Crippen molar-refractivity contribution >= 4 is 61.7 Å². The van der Waals surface area contributed by atoms with E-state index in [-0.39, 0.29) is 49.7 Å². The molecule has 0 saturated heterocycles. The fourth-order valence-electron chi connectivity index (χ4n) is 3.41. The van der Waals surface area contributed by atoms with Crippen molar-refractivity contribution in [3.8, 4) is 0 Å². The molecule has 1 unspecified atom stereocenters. The van der Waals surface area contributed by atoms with Gasteiger partial charge in [0.25, 0.3) is 9.84 Å². The van der Waals surface area contributed by atoms with E-state index in [2.05, 4.69) is 0 Å². The summed E-state index contributed by atoms with van der Waals surface area (Å²) in [6, 6.07) is 20.2. The number of alkyl halides is 9. The van der Waals surface area contributed by atoms with Gasteiger partial charge in [0, 0.05) is 17.0 Å². The van der Waals surface area contributed by atoms with Gasteiger partial charge in [-0.05, 0) is 59.6 Å². The second kappa shape index (κ2) is 17.7. The molecule has 5 aromatic rings. The van der Waals surface area contributed by atoms with Crippen LogP contribution in [0.5, 0.6) is 0 Å². The largest absolute Gasteiger partial charge is 1.00 e. The maximum atomic E-state index is 13.2. The molecule has 0 bridgehead atoms. The summed E-state index contributed by atoms with van der Waals surface area (Å²) < 4.78 is 202. The first-order chi connectivity index (χ1) is 22.3. The average molecular weight is 813 g/mol. The van der Waals surface area contributed by atoms with E-state index in [1.807, 2.05) is 0 Å². The Morgan fingerprint density at radius 3 is 1.24 bits per heavy atom. The number of thiophene rings is 1. The average Bonchev–Trinajstić information content (AvgIpc) is 3.31. The molecular formula is C27H16F11NaO7S4. The molecular weight excluding hydrogens is 797 g/mol. The molecule has 0 saturated carbocycles. The molecule has 4 aromatic carbocycles. The maximum Gasteiger partial charge on any atom is 1.00 e. The van der Waals surface area contributed by atoms with Gasteiger partial charge in [0.1, 0.15) is 22.1 Å². The fraction of sp³-hybridized carbons (Fsp3) is 0.111. The third-order valence-corrected chi connectivity index (χ3v) is 10.2. The zero-order valence-corrected chi connectivity index (χ0v) is 29.7. The Kier molecular flexibility index (Phi) is 16.0. The van der Waals surface area contributed by atoms with Crippen LogP contribution in [0.4, 0.5) is 48.3 Å². The zero-order valence-electron chi connectivity index (χ0n) is 24.4. The summed E-state index contributed by atoms with van der Waals surface area (Å²) >= 11 is -2.08. The molecule has 0 amide bonds. The standard InChI is InChI=1S/C13H6F5S.C7H5F3O2S.C6H6O2S.CHF3O3S.Na/c14-7-1-3-11-9(5-7)10-6-8(15)2-4-12(10)19(11)13(16,17)18;8-7(9,10)13(11,12)6-4-2-1-3-5-6;7-9(8)6-4-2-1-3-5-6;2-1(3,4)8(5,6)7;/h1-6H;1-5H;1-5H,(H,7,8);(H,5,6,7);/q+1;;;;+1/p-2. The summed E-state index contributed by atoms with van der Waals surface area (Å²) in [6.45, 7) is 0. The van der Waals surface area contributed by atoms with Crippen LogP contribution in [0.2, 0.25) is 0 Å². The third-order valence-electron chi connectivity index (χ3n) is 5.42. The van der Waals surface area contributed by atoms with Gasteiger partial charge in [0.2, 0.25) is 0 Å². The first-order valence-electron chi connectivity index (χ1n) is 12.2. The summed E-state index contributed by atoms with van der Waals surface area (Å²) in [6.07, 6.45) is 0. The van der Waals surface area contributed by atoms with Crippen molar-refractivity contribution < 1.29 is 108 Å². The third kappa shape index (κ3) is 12.2. The molecule has 0 N–H and O–H groups in total. The SMILES string of the molecule is Fc1ccc2c(c1)c1cc(F)ccc1[s+]2C(F)(F)F.O=S(=O)([O-])C(F)(F)F.O=S(=O)(c1ccccc1)C(F)(F)F.O=S([O-])c1ccccc1.[Na+]. The van der Waals surface area contributed by atoms with Crippen LogP contribution in [0.25, 0.3) is 20.2 Å². The van der Waals surface area contributed by atoms with Crippen LogP contribution in [-0.4, -0.2) is 41.2 Å². The molecule has 50 heavy (non-hydrogen) atoms. The van der Waals surface area contributed by atoms with Crippen molar-refractivity contribution in [3.05, 3.63) is 109 Å². The number of halogens is 11. The summed E-state index contributed by atoms with van der Waals surface area (Å²) in [5.41, 5.74) is -15.3. The van der Waals surface area contributed by atoms with Crippen LogP contribution in [0, 0.1) is 11.6 Å². The molecule has 7 nitrogen and oxygen atoms in total. The maximum absolute atomic E-state index is 13.2. The van der Waals surface area contributed by atoms with Gasteiger partial charge < -0.3 is 9.11 Å². The van der Waals surface area contributed by atoms with Crippen LogP contribution >= 0.6 is 10.5 Å². The first-order valence-corrected chi connectivity index (χ1v) is 17.4. The van der Waals surface area contributed by atoms with E-state index < -0.39 is 74.6 Å². The summed E-state index contributed by atoms with van der Waals surface area (Å²) in [5, 5.41) is 0.241. The van der Waals surface area contributed by atoms with Crippen LogP contribution < -0.4 is 29.6 Å². The Balaban J connectivity index is 0.000000354. The number of rotatable bonds is 2. The van der Waals surface area contributed by atoms with Gasteiger partial charge >= 0.3 is 46.1 Å². The molecule has 23 heteroatoms. The molecule has 0 aliphatic rings. The zero-order chi connectivity index (χ0) is 37.6. The van der Waals surface area contributed by atoms with Crippen molar-refractivity contribution in [1.82, 2.24) is 0 Å². The number of hydrogen-bond acceptors (Lipinski definition) is 7. The summed E-state index contributed by atoms with van der Waals surface area (Å²) in [7, 11) is -13.4.